The lowest BCUT2D eigenvalue weighted by molar-refractivity contribution is -0.144. The molecule has 1 fully saturated rings. The second-order valence-corrected chi connectivity index (χ2v) is 3.60. The van der Waals surface area contributed by atoms with E-state index < -0.39 is 22.9 Å². The van der Waals surface area contributed by atoms with Crippen LogP contribution < -0.4 is 0 Å². The molecule has 13 heavy (non-hydrogen) atoms. The molecule has 1 atom stereocenters. The third kappa shape index (κ3) is 2.46. The number of hydrogen-bond acceptors (Lipinski definition) is 2. The van der Waals surface area contributed by atoms with E-state index in [2.05, 4.69) is 11.6 Å². The lowest BCUT2D eigenvalue weighted by atomic mass is 9.85. The van der Waals surface area contributed by atoms with Gasteiger partial charge in [0.25, 0.3) is 0 Å². The smallest absolute Gasteiger partial charge is 0.299 e. The summed E-state index contributed by atoms with van der Waals surface area (Å²) in [6.45, 7) is 0. The molecule has 1 aliphatic carbocycles. The van der Waals surface area contributed by atoms with Crippen molar-refractivity contribution in [1.29, 1.82) is 0 Å². The van der Waals surface area contributed by atoms with Gasteiger partial charge in [-0.25, -0.2) is 0 Å². The summed E-state index contributed by atoms with van der Waals surface area (Å²) >= 11 is 4.55. The van der Waals surface area contributed by atoms with E-state index in [0.29, 0.717) is 12.8 Å². The molecule has 0 aromatic heterocycles. The van der Waals surface area contributed by atoms with E-state index in [4.69, 9.17) is 0 Å². The van der Waals surface area contributed by atoms with Gasteiger partial charge in [0, 0.05) is 6.42 Å². The van der Waals surface area contributed by atoms with Gasteiger partial charge in [0.05, 0.1) is 5.92 Å². The zero-order chi connectivity index (χ0) is 10.1. The number of halogens is 3. The van der Waals surface area contributed by atoms with Crippen molar-refractivity contribution in [2.75, 3.05) is 0 Å². The van der Waals surface area contributed by atoms with Crippen LogP contribution in [-0.2, 0) is 9.59 Å². The van der Waals surface area contributed by atoms with Crippen molar-refractivity contribution in [3.05, 3.63) is 0 Å². The molecule has 0 aromatic rings. The van der Waals surface area contributed by atoms with Crippen molar-refractivity contribution >= 4 is 23.2 Å². The summed E-state index contributed by atoms with van der Waals surface area (Å²) in [6.07, 6.45) is 1.73. The van der Waals surface area contributed by atoms with Crippen LogP contribution in [0.15, 0.2) is 0 Å². The summed E-state index contributed by atoms with van der Waals surface area (Å²) in [5, 5.41) is -3.89. The quantitative estimate of drug-likeness (QED) is 0.517. The Balaban J connectivity index is 2.70. The van der Waals surface area contributed by atoms with E-state index in [-0.39, 0.29) is 12.8 Å². The number of Topliss-reactive ketones (excluding diaryl/α,β-unsaturated/α-hetero) is 2. The van der Waals surface area contributed by atoms with Crippen LogP contribution in [0.3, 0.4) is 0 Å². The fraction of sp³-hybridized carbons (Fsp3) is 0.750. The number of hydrogen-bond donors (Lipinski definition) is 0. The third-order valence-corrected chi connectivity index (χ3v) is 2.34. The first-order valence-electron chi connectivity index (χ1n) is 4.06. The molecular weight excluding hydrogens is 202 g/mol. The fourth-order valence-corrected chi connectivity index (χ4v) is 1.59. The Bertz CT molecular complexity index is 235. The predicted octanol–water partition coefficient (Wildman–Crippen LogP) is 2.15. The zero-order valence-corrected chi connectivity index (χ0v) is 7.61. The highest BCUT2D eigenvalue weighted by molar-refractivity contribution is 6.34. The molecule has 0 aromatic carbocycles. The van der Waals surface area contributed by atoms with Gasteiger partial charge in [0.2, 0.25) is 5.78 Å². The highest BCUT2D eigenvalue weighted by atomic mass is 35.5. The monoisotopic (exact) mass is 210 g/mol. The third-order valence-electron chi connectivity index (χ3n) is 2.15. The summed E-state index contributed by atoms with van der Waals surface area (Å²) in [5.41, 5.74) is 0. The summed E-state index contributed by atoms with van der Waals surface area (Å²) in [7, 11) is 0. The van der Waals surface area contributed by atoms with Gasteiger partial charge in [0.15, 0.2) is 0 Å². The highest BCUT2D eigenvalue weighted by Gasteiger charge is 2.44. The largest absolute Gasteiger partial charge is 0.381 e. The fourth-order valence-electron chi connectivity index (χ4n) is 1.46. The molecule has 0 unspecified atom stereocenters. The standard InChI is InChI=1S/C8H9ClF2O2/c9-8(10,11)7(13)5-3-1-2-4-6(5)12/h5H,1-4H2/t5-/m1/s1. The second-order valence-electron chi connectivity index (χ2n) is 3.13. The molecule has 0 bridgehead atoms. The maximum absolute atomic E-state index is 12.3. The highest BCUT2D eigenvalue weighted by Crippen LogP contribution is 2.30. The van der Waals surface area contributed by atoms with E-state index in [9.17, 15) is 18.4 Å². The number of alkyl halides is 3. The molecule has 1 saturated carbocycles. The molecule has 0 aliphatic heterocycles. The first-order chi connectivity index (χ1) is 5.93. The van der Waals surface area contributed by atoms with Gasteiger partial charge < -0.3 is 0 Å². The zero-order valence-electron chi connectivity index (χ0n) is 6.86. The van der Waals surface area contributed by atoms with E-state index in [0.717, 1.165) is 0 Å². The van der Waals surface area contributed by atoms with Crippen LogP contribution in [0.1, 0.15) is 25.7 Å². The molecule has 0 amide bonds. The summed E-state index contributed by atoms with van der Waals surface area (Å²) in [5.74, 6) is -3.03. The molecular formula is C8H9ClF2O2. The number of carbonyl (C=O) groups is 2. The number of ketones is 2. The molecule has 0 spiro atoms. The van der Waals surface area contributed by atoms with Crippen molar-refractivity contribution in [2.45, 2.75) is 31.1 Å². The molecule has 1 aliphatic rings. The lowest BCUT2D eigenvalue weighted by Gasteiger charge is -2.20. The number of carbonyl (C=O) groups excluding carboxylic acids is 2. The molecule has 0 heterocycles. The Kier molecular flexibility index (Phi) is 3.01. The van der Waals surface area contributed by atoms with Gasteiger partial charge in [-0.15, -0.1) is 0 Å². The van der Waals surface area contributed by atoms with Crippen molar-refractivity contribution in [1.82, 2.24) is 0 Å². The first kappa shape index (κ1) is 10.6. The molecule has 2 nitrogen and oxygen atoms in total. The van der Waals surface area contributed by atoms with Gasteiger partial charge in [-0.1, -0.05) is 6.42 Å². The van der Waals surface area contributed by atoms with Crippen LogP contribution in [-0.4, -0.2) is 16.9 Å². The van der Waals surface area contributed by atoms with E-state index in [1.54, 1.807) is 0 Å². The summed E-state index contributed by atoms with van der Waals surface area (Å²) < 4.78 is 24.7. The minimum atomic E-state index is -3.89. The SMILES string of the molecule is O=C1CCCC[C@H]1C(=O)C(F)(F)Cl. The van der Waals surface area contributed by atoms with E-state index >= 15 is 0 Å². The van der Waals surface area contributed by atoms with Gasteiger partial charge in [-0.05, 0) is 24.4 Å². The van der Waals surface area contributed by atoms with Crippen LogP contribution in [0.5, 0.6) is 0 Å². The van der Waals surface area contributed by atoms with Gasteiger partial charge in [0.1, 0.15) is 5.78 Å². The molecule has 5 heteroatoms. The maximum Gasteiger partial charge on any atom is 0.381 e. The predicted molar refractivity (Wildman–Crippen MR) is 42.8 cm³/mol. The van der Waals surface area contributed by atoms with Crippen LogP contribution >= 0.6 is 11.6 Å². The van der Waals surface area contributed by atoms with Crippen molar-refractivity contribution < 1.29 is 18.4 Å². The average molecular weight is 211 g/mol. The Morgan fingerprint density at radius 1 is 1.46 bits per heavy atom. The Morgan fingerprint density at radius 2 is 2.08 bits per heavy atom. The Labute approximate surface area is 79.2 Å². The second kappa shape index (κ2) is 3.70. The van der Waals surface area contributed by atoms with Crippen molar-refractivity contribution in [2.24, 2.45) is 5.92 Å². The summed E-state index contributed by atoms with van der Waals surface area (Å²) in [6, 6.07) is 0. The van der Waals surface area contributed by atoms with Crippen LogP contribution in [0.25, 0.3) is 0 Å². The van der Waals surface area contributed by atoms with Gasteiger partial charge in [-0.2, -0.15) is 8.78 Å². The van der Waals surface area contributed by atoms with Crippen molar-refractivity contribution in [3.8, 4) is 0 Å². The normalized spacial score (nSPS) is 24.5. The van der Waals surface area contributed by atoms with Crippen LogP contribution in [0.2, 0.25) is 0 Å². The molecule has 0 radical (unpaired) electrons. The minimum Gasteiger partial charge on any atom is -0.299 e. The summed E-state index contributed by atoms with van der Waals surface area (Å²) in [4.78, 5) is 22.0. The lowest BCUT2D eigenvalue weighted by Crippen LogP contribution is -2.36. The molecule has 0 saturated heterocycles. The Hall–Kier alpha value is -0.510. The Morgan fingerprint density at radius 3 is 2.54 bits per heavy atom. The van der Waals surface area contributed by atoms with Crippen molar-refractivity contribution in [3.63, 3.8) is 0 Å². The van der Waals surface area contributed by atoms with E-state index in [1.807, 2.05) is 0 Å². The minimum absolute atomic E-state index is 0.208. The molecule has 74 valence electrons. The maximum atomic E-state index is 12.3. The molecule has 0 N–H and O–H groups in total. The van der Waals surface area contributed by atoms with Gasteiger partial charge in [-0.3, -0.25) is 9.59 Å². The topological polar surface area (TPSA) is 34.1 Å². The van der Waals surface area contributed by atoms with Crippen LogP contribution in [0.4, 0.5) is 8.78 Å². The van der Waals surface area contributed by atoms with Crippen LogP contribution in [0, 0.1) is 5.92 Å². The van der Waals surface area contributed by atoms with Gasteiger partial charge >= 0.3 is 5.38 Å². The first-order valence-corrected chi connectivity index (χ1v) is 4.44. The number of rotatable bonds is 2. The average Bonchev–Trinajstić information content (AvgIpc) is 2.02. The van der Waals surface area contributed by atoms with E-state index in [1.165, 1.54) is 0 Å². The molecule has 1 rings (SSSR count).